The Labute approximate surface area is 157 Å². The number of carbonyl (C=O) groups excluding carboxylic acids is 1. The number of nitrogens with one attached hydrogen (secondary N) is 1. The largest absolute Gasteiger partial charge is 0.481 e. The second-order valence-electron chi connectivity index (χ2n) is 6.63. The lowest BCUT2D eigenvalue weighted by molar-refractivity contribution is -0.142. The molecule has 0 radical (unpaired) electrons. The molecular weight excluding hydrogens is 368 g/mol. The molecule has 1 saturated heterocycles. The number of sulfonamides is 1. The molecule has 27 heavy (non-hydrogen) atoms. The van der Waals surface area contributed by atoms with Crippen molar-refractivity contribution >= 4 is 27.6 Å². The van der Waals surface area contributed by atoms with Crippen LogP contribution < -0.4 is 4.72 Å². The average Bonchev–Trinajstić information content (AvgIpc) is 3.04. The molecule has 0 saturated carbocycles. The van der Waals surface area contributed by atoms with Crippen molar-refractivity contribution < 1.29 is 23.1 Å². The predicted molar refractivity (Wildman–Crippen MR) is 99.9 cm³/mol. The first-order chi connectivity index (χ1) is 12.8. The second-order valence-corrected chi connectivity index (χ2v) is 8.31. The number of aliphatic carboxylic acids is 1. The number of carboxylic acids is 1. The molecule has 0 aromatic heterocycles. The maximum Gasteiger partial charge on any atom is 0.308 e. The topological polar surface area (TPSA) is 104 Å². The number of rotatable bonds is 5. The third-order valence-electron chi connectivity index (χ3n) is 4.65. The maximum atomic E-state index is 12.6. The van der Waals surface area contributed by atoms with Gasteiger partial charge in [-0.05, 0) is 42.3 Å². The van der Waals surface area contributed by atoms with Crippen LogP contribution in [-0.2, 0) is 14.8 Å². The third-order valence-corrected chi connectivity index (χ3v) is 6.05. The van der Waals surface area contributed by atoms with E-state index < -0.39 is 21.9 Å². The van der Waals surface area contributed by atoms with E-state index in [1.807, 2.05) is 6.92 Å². The van der Waals surface area contributed by atoms with E-state index >= 15 is 0 Å². The normalized spacial score (nSPS) is 19.7. The highest BCUT2D eigenvalue weighted by atomic mass is 32.2. The molecule has 2 aromatic rings. The summed E-state index contributed by atoms with van der Waals surface area (Å²) in [6, 6.07) is 14.1. The molecule has 0 bridgehead atoms. The van der Waals surface area contributed by atoms with E-state index in [2.05, 4.69) is 4.72 Å². The molecule has 142 valence electrons. The molecule has 2 atom stereocenters. The molecular formula is C19H20N2O5S. The molecule has 1 amide bonds. The van der Waals surface area contributed by atoms with Crippen LogP contribution in [0.3, 0.4) is 0 Å². The van der Waals surface area contributed by atoms with Gasteiger partial charge in [0.05, 0.1) is 10.8 Å². The van der Waals surface area contributed by atoms with Crippen molar-refractivity contribution in [3.05, 3.63) is 60.2 Å². The smallest absolute Gasteiger partial charge is 0.308 e. The number of nitrogens with zero attached hydrogens (tertiary/aromatic N) is 1. The molecule has 1 aliphatic heterocycles. The van der Waals surface area contributed by atoms with Gasteiger partial charge in [-0.2, -0.15) is 0 Å². The van der Waals surface area contributed by atoms with E-state index in [0.29, 0.717) is 17.8 Å². The number of benzene rings is 2. The molecule has 1 fully saturated rings. The van der Waals surface area contributed by atoms with Crippen molar-refractivity contribution in [3.8, 4) is 0 Å². The fourth-order valence-corrected chi connectivity index (χ4v) is 4.21. The standard InChI is InChI=1S/C19H20N2O5S/c1-13-11-21(12-17(13)19(23)24)18(22)14-7-9-15(10-8-14)20-27(25,26)16-5-3-2-4-6-16/h2-10,13,17,20H,11-12H2,1H3,(H,23,24)/t13-,17-/m1/s1. The van der Waals surface area contributed by atoms with Gasteiger partial charge in [-0.15, -0.1) is 0 Å². The summed E-state index contributed by atoms with van der Waals surface area (Å²) in [7, 11) is -3.70. The molecule has 2 N–H and O–H groups in total. The predicted octanol–water partition coefficient (Wildman–Crippen LogP) is 2.28. The van der Waals surface area contributed by atoms with Crippen LogP contribution in [0.4, 0.5) is 5.69 Å². The van der Waals surface area contributed by atoms with Crippen molar-refractivity contribution in [2.24, 2.45) is 11.8 Å². The highest BCUT2D eigenvalue weighted by molar-refractivity contribution is 7.92. The third kappa shape index (κ3) is 4.11. The molecule has 0 spiro atoms. The Kier molecular flexibility index (Phi) is 5.18. The van der Waals surface area contributed by atoms with Crippen molar-refractivity contribution in [2.75, 3.05) is 17.8 Å². The van der Waals surface area contributed by atoms with Gasteiger partial charge in [-0.1, -0.05) is 25.1 Å². The fourth-order valence-electron chi connectivity index (χ4n) is 3.13. The van der Waals surface area contributed by atoms with Gasteiger partial charge in [0.2, 0.25) is 0 Å². The fraction of sp³-hybridized carbons (Fsp3) is 0.263. The Morgan fingerprint density at radius 2 is 1.67 bits per heavy atom. The Balaban J connectivity index is 1.71. The summed E-state index contributed by atoms with van der Waals surface area (Å²) in [5.74, 6) is -1.83. The zero-order chi connectivity index (χ0) is 19.6. The lowest BCUT2D eigenvalue weighted by Gasteiger charge is -2.16. The van der Waals surface area contributed by atoms with Gasteiger partial charge >= 0.3 is 5.97 Å². The summed E-state index contributed by atoms with van der Waals surface area (Å²) in [6.07, 6.45) is 0. The van der Waals surface area contributed by atoms with Crippen LogP contribution >= 0.6 is 0 Å². The minimum absolute atomic E-state index is 0.108. The lowest BCUT2D eigenvalue weighted by atomic mass is 9.99. The van der Waals surface area contributed by atoms with E-state index in [0.717, 1.165) is 0 Å². The summed E-state index contributed by atoms with van der Waals surface area (Å²) >= 11 is 0. The van der Waals surface area contributed by atoms with E-state index in [4.69, 9.17) is 0 Å². The number of amides is 1. The quantitative estimate of drug-likeness (QED) is 0.818. The van der Waals surface area contributed by atoms with Crippen LogP contribution in [0.15, 0.2) is 59.5 Å². The number of carbonyl (C=O) groups is 2. The Hall–Kier alpha value is -2.87. The summed E-state index contributed by atoms with van der Waals surface area (Å²) in [4.78, 5) is 25.5. The summed E-state index contributed by atoms with van der Waals surface area (Å²) in [6.45, 7) is 2.38. The SMILES string of the molecule is C[C@@H]1CN(C(=O)c2ccc(NS(=O)(=O)c3ccccc3)cc2)C[C@H]1C(=O)O. The molecule has 3 rings (SSSR count). The van der Waals surface area contributed by atoms with E-state index in [-0.39, 0.29) is 23.3 Å². The van der Waals surface area contributed by atoms with Crippen LogP contribution in [-0.4, -0.2) is 43.4 Å². The molecule has 7 nitrogen and oxygen atoms in total. The number of hydrogen-bond donors (Lipinski definition) is 2. The molecule has 1 aliphatic rings. The number of carboxylic acid groups (broad SMARTS) is 1. The van der Waals surface area contributed by atoms with E-state index in [1.54, 1.807) is 18.2 Å². The van der Waals surface area contributed by atoms with Crippen LogP contribution in [0.25, 0.3) is 0 Å². The second kappa shape index (κ2) is 7.40. The van der Waals surface area contributed by atoms with Crippen LogP contribution in [0.2, 0.25) is 0 Å². The minimum atomic E-state index is -3.70. The molecule has 0 aliphatic carbocycles. The highest BCUT2D eigenvalue weighted by Gasteiger charge is 2.37. The maximum absolute atomic E-state index is 12.6. The van der Waals surface area contributed by atoms with E-state index in [1.165, 1.54) is 41.3 Å². The van der Waals surface area contributed by atoms with Crippen molar-refractivity contribution in [1.29, 1.82) is 0 Å². The van der Waals surface area contributed by atoms with E-state index in [9.17, 15) is 23.1 Å². The lowest BCUT2D eigenvalue weighted by Crippen LogP contribution is -2.29. The van der Waals surface area contributed by atoms with Crippen LogP contribution in [0.5, 0.6) is 0 Å². The first kappa shape index (κ1) is 18.9. The molecule has 1 heterocycles. The van der Waals surface area contributed by atoms with Crippen LogP contribution in [0.1, 0.15) is 17.3 Å². The number of likely N-dealkylation sites (tertiary alicyclic amines) is 1. The molecule has 0 unspecified atom stereocenters. The van der Waals surface area contributed by atoms with Crippen molar-refractivity contribution in [3.63, 3.8) is 0 Å². The Morgan fingerprint density at radius 1 is 1.04 bits per heavy atom. The van der Waals surface area contributed by atoms with Crippen molar-refractivity contribution in [1.82, 2.24) is 4.90 Å². The van der Waals surface area contributed by atoms with Crippen molar-refractivity contribution in [2.45, 2.75) is 11.8 Å². The number of hydrogen-bond acceptors (Lipinski definition) is 4. The Bertz CT molecular complexity index is 942. The van der Waals surface area contributed by atoms with Gasteiger partial charge in [-0.3, -0.25) is 14.3 Å². The monoisotopic (exact) mass is 388 g/mol. The van der Waals surface area contributed by atoms with Gasteiger partial charge in [0.1, 0.15) is 0 Å². The molecule has 2 aromatic carbocycles. The van der Waals surface area contributed by atoms with Gasteiger partial charge in [0.15, 0.2) is 0 Å². The number of anilines is 1. The van der Waals surface area contributed by atoms with Gasteiger partial charge in [-0.25, -0.2) is 8.42 Å². The van der Waals surface area contributed by atoms with Crippen LogP contribution in [0, 0.1) is 11.8 Å². The summed E-state index contributed by atoms with van der Waals surface area (Å²) in [5, 5.41) is 9.19. The zero-order valence-electron chi connectivity index (χ0n) is 14.7. The highest BCUT2D eigenvalue weighted by Crippen LogP contribution is 2.25. The summed E-state index contributed by atoms with van der Waals surface area (Å²) in [5.41, 5.74) is 0.726. The van der Waals surface area contributed by atoms with Gasteiger partial charge in [0, 0.05) is 24.3 Å². The minimum Gasteiger partial charge on any atom is -0.481 e. The van der Waals surface area contributed by atoms with Gasteiger partial charge < -0.3 is 10.0 Å². The zero-order valence-corrected chi connectivity index (χ0v) is 15.5. The Morgan fingerprint density at radius 3 is 2.22 bits per heavy atom. The summed E-state index contributed by atoms with van der Waals surface area (Å²) < 4.78 is 27.1. The molecule has 8 heteroatoms. The average molecular weight is 388 g/mol. The first-order valence-electron chi connectivity index (χ1n) is 8.48. The first-order valence-corrected chi connectivity index (χ1v) is 9.96. The van der Waals surface area contributed by atoms with Gasteiger partial charge in [0.25, 0.3) is 15.9 Å².